The minimum absolute atomic E-state index is 0. The van der Waals surface area contributed by atoms with E-state index in [1.54, 1.807) is 0 Å². The number of allylic oxidation sites excluding steroid dienone is 4. The van der Waals surface area contributed by atoms with Crippen LogP contribution in [0.1, 0.15) is 20.3 Å². The first-order valence-electron chi connectivity index (χ1n) is 10.9. The summed E-state index contributed by atoms with van der Waals surface area (Å²) in [5.74, 6) is 3.64. The van der Waals surface area contributed by atoms with E-state index in [0.717, 1.165) is 11.8 Å². The molecule has 0 saturated carbocycles. The quantitative estimate of drug-likeness (QED) is 0.136. The zero-order valence-corrected chi connectivity index (χ0v) is 22.2. The standard InChI is InChI=1S/C18H15O3P.C9H14.2CO.Fe/c1-4-10-16(11-5-1)19-22(20-17-12-6-2-7-13-17)21-18-14-8-3-9-15-18;1-8-5-3-4-6-9(2)7-8;2*1-2;/h1-15H;3-6,8-9H,7H2,1-2H3;;;/t;8-,9+;;;. The van der Waals surface area contributed by atoms with Gasteiger partial charge in [0.2, 0.25) is 0 Å². The van der Waals surface area contributed by atoms with Crippen LogP contribution in [0, 0.1) is 25.1 Å². The third-order valence-corrected chi connectivity index (χ3v) is 5.58. The fraction of sp³-hybridized carbons (Fsp3) is 0.172. The topological polar surface area (TPSA) is 67.5 Å². The van der Waals surface area contributed by atoms with Gasteiger partial charge in [-0.25, -0.2) is 0 Å². The zero-order valence-electron chi connectivity index (χ0n) is 20.2. The first kappa shape index (κ1) is 33.0. The van der Waals surface area contributed by atoms with Crippen molar-refractivity contribution < 1.29 is 39.9 Å². The summed E-state index contributed by atoms with van der Waals surface area (Å²) >= 11 is 0. The number of para-hydroxylation sites is 3. The number of hydrogen-bond donors (Lipinski definition) is 0. The maximum atomic E-state index is 7.50. The average molecular weight is 544 g/mol. The van der Waals surface area contributed by atoms with Crippen molar-refractivity contribution in [2.24, 2.45) is 11.8 Å². The predicted molar refractivity (Wildman–Crippen MR) is 137 cm³/mol. The molecular formula is C29H29FeO5P. The summed E-state index contributed by atoms with van der Waals surface area (Å²) in [6.45, 7) is 13.5. The van der Waals surface area contributed by atoms with Crippen molar-refractivity contribution in [3.63, 3.8) is 0 Å². The van der Waals surface area contributed by atoms with E-state index in [-0.39, 0.29) is 17.1 Å². The van der Waals surface area contributed by atoms with Gasteiger partial charge in [-0.1, -0.05) is 92.7 Å². The Morgan fingerprint density at radius 2 is 0.861 bits per heavy atom. The molecule has 0 fully saturated rings. The Morgan fingerprint density at radius 1 is 0.583 bits per heavy atom. The molecule has 4 rings (SSSR count). The maximum absolute atomic E-state index is 7.50. The van der Waals surface area contributed by atoms with Crippen LogP contribution in [0.25, 0.3) is 0 Å². The van der Waals surface area contributed by atoms with Gasteiger partial charge in [0.05, 0.1) is 0 Å². The van der Waals surface area contributed by atoms with Gasteiger partial charge in [0, 0.05) is 17.1 Å². The van der Waals surface area contributed by atoms with Gasteiger partial charge in [-0.15, -0.1) is 0 Å². The summed E-state index contributed by atoms with van der Waals surface area (Å²) in [6, 6.07) is 28.5. The van der Waals surface area contributed by atoms with Crippen LogP contribution in [0.4, 0.5) is 0 Å². The molecule has 0 aromatic heterocycles. The Labute approximate surface area is 226 Å². The molecule has 0 N–H and O–H groups in total. The second kappa shape index (κ2) is 21.3. The Kier molecular flexibility index (Phi) is 19.5. The van der Waals surface area contributed by atoms with E-state index in [1.165, 1.54) is 6.42 Å². The molecule has 5 nitrogen and oxygen atoms in total. The maximum Gasteiger partial charge on any atom is 0.530 e. The van der Waals surface area contributed by atoms with E-state index in [0.29, 0.717) is 17.2 Å². The molecule has 1 aliphatic carbocycles. The summed E-state index contributed by atoms with van der Waals surface area (Å²) in [6.07, 6.45) is 10.1. The van der Waals surface area contributed by atoms with Crippen LogP contribution >= 0.6 is 8.60 Å². The largest absolute Gasteiger partial charge is 0.530 e. The average Bonchev–Trinajstić information content (AvgIpc) is 3.11. The van der Waals surface area contributed by atoms with Crippen LogP contribution in [-0.2, 0) is 26.4 Å². The van der Waals surface area contributed by atoms with Crippen LogP contribution < -0.4 is 13.6 Å². The van der Waals surface area contributed by atoms with Crippen molar-refractivity contribution >= 4 is 8.60 Å². The van der Waals surface area contributed by atoms with Crippen LogP contribution in [0.2, 0.25) is 0 Å². The second-order valence-corrected chi connectivity index (χ2v) is 8.39. The monoisotopic (exact) mass is 544 g/mol. The van der Waals surface area contributed by atoms with Gasteiger partial charge in [-0.05, 0) is 54.7 Å². The predicted octanol–water partition coefficient (Wildman–Crippen LogP) is 8.15. The minimum Gasteiger partial charge on any atom is -0.409 e. The molecule has 0 saturated heterocycles. The van der Waals surface area contributed by atoms with Gasteiger partial charge in [0.1, 0.15) is 17.2 Å². The van der Waals surface area contributed by atoms with Gasteiger partial charge >= 0.3 is 31.2 Å². The van der Waals surface area contributed by atoms with Gasteiger partial charge in [-0.3, -0.25) is 0 Å². The molecule has 0 heterocycles. The van der Waals surface area contributed by atoms with Crippen LogP contribution in [0.15, 0.2) is 115 Å². The molecule has 36 heavy (non-hydrogen) atoms. The van der Waals surface area contributed by atoms with Crippen molar-refractivity contribution in [3.8, 4) is 17.2 Å². The molecule has 7 heteroatoms. The molecule has 2 atom stereocenters. The van der Waals surface area contributed by atoms with Crippen molar-refractivity contribution in [1.29, 1.82) is 0 Å². The SMILES string of the molecule is C[C@@H]1C=CC=C[C@H](C)C1.[C-]#[O+].[C-]#[O+].[Fe].c1ccc(OP(Oc2ccccc2)Oc2ccccc2)cc1. The van der Waals surface area contributed by atoms with E-state index in [9.17, 15) is 0 Å². The summed E-state index contributed by atoms with van der Waals surface area (Å²) in [5, 5.41) is 0. The zero-order chi connectivity index (χ0) is 25.7. The van der Waals surface area contributed by atoms with E-state index in [2.05, 4.69) is 51.5 Å². The molecule has 3 aromatic rings. The first-order valence-corrected chi connectivity index (χ1v) is 12.0. The summed E-state index contributed by atoms with van der Waals surface area (Å²) in [5.41, 5.74) is 0. The van der Waals surface area contributed by atoms with Crippen LogP contribution in [-0.4, -0.2) is 0 Å². The Morgan fingerprint density at radius 3 is 1.14 bits per heavy atom. The summed E-state index contributed by atoms with van der Waals surface area (Å²) < 4.78 is 32.5. The van der Waals surface area contributed by atoms with E-state index >= 15 is 0 Å². The van der Waals surface area contributed by atoms with Crippen LogP contribution in [0.5, 0.6) is 17.2 Å². The summed E-state index contributed by atoms with van der Waals surface area (Å²) in [7, 11) is -1.59. The van der Waals surface area contributed by atoms with E-state index in [4.69, 9.17) is 22.9 Å². The smallest absolute Gasteiger partial charge is 0.409 e. The van der Waals surface area contributed by atoms with Gasteiger partial charge in [0.15, 0.2) is 0 Å². The Bertz CT molecular complexity index is 903. The third-order valence-electron chi connectivity index (χ3n) is 4.50. The molecule has 0 radical (unpaired) electrons. The Balaban J connectivity index is 0.000000737. The number of hydrogen-bond acceptors (Lipinski definition) is 3. The molecule has 3 aromatic carbocycles. The van der Waals surface area contributed by atoms with Crippen molar-refractivity contribution in [3.05, 3.63) is 129 Å². The van der Waals surface area contributed by atoms with Crippen molar-refractivity contribution in [2.75, 3.05) is 0 Å². The van der Waals surface area contributed by atoms with Gasteiger partial charge in [-0.2, -0.15) is 0 Å². The minimum atomic E-state index is -1.59. The first-order chi connectivity index (χ1) is 17.2. The third kappa shape index (κ3) is 14.4. The van der Waals surface area contributed by atoms with Gasteiger partial charge < -0.3 is 13.6 Å². The molecule has 0 aliphatic heterocycles. The fourth-order valence-corrected chi connectivity index (χ4v) is 4.00. The Hall–Kier alpha value is -3.03. The number of rotatable bonds is 6. The normalized spacial score (nSPS) is 15.0. The molecule has 1 aliphatic rings. The van der Waals surface area contributed by atoms with Gasteiger partial charge in [0.25, 0.3) is 0 Å². The van der Waals surface area contributed by atoms with Crippen molar-refractivity contribution in [1.82, 2.24) is 0 Å². The van der Waals surface area contributed by atoms with E-state index < -0.39 is 8.60 Å². The van der Waals surface area contributed by atoms with Crippen molar-refractivity contribution in [2.45, 2.75) is 20.3 Å². The molecule has 0 unspecified atom stereocenters. The molecule has 0 amide bonds. The molecule has 0 bridgehead atoms. The van der Waals surface area contributed by atoms with E-state index in [1.807, 2.05) is 91.0 Å². The molecule has 0 spiro atoms. The second-order valence-electron chi connectivity index (χ2n) is 7.40. The summed E-state index contributed by atoms with van der Waals surface area (Å²) in [4.78, 5) is 0. The fourth-order valence-electron chi connectivity index (χ4n) is 3.01. The number of benzene rings is 3. The van der Waals surface area contributed by atoms with Crippen LogP contribution in [0.3, 0.4) is 0 Å². The molecule has 188 valence electrons. The molecular weight excluding hydrogens is 515 g/mol.